The van der Waals surface area contributed by atoms with Gasteiger partial charge in [0.05, 0.1) is 66.6 Å². The van der Waals surface area contributed by atoms with Crippen LogP contribution in [-0.4, -0.2) is 18.3 Å². The Hall–Kier alpha value is -8.84. The smallest absolute Gasteiger partial charge is 0.103 e. The molecule has 13 rings (SSSR count). The zero-order valence-corrected chi connectivity index (χ0v) is 33.2. The van der Waals surface area contributed by atoms with Crippen molar-refractivity contribution >= 4 is 87.2 Å². The highest BCUT2D eigenvalue weighted by atomic mass is 15.1. The lowest BCUT2D eigenvalue weighted by atomic mass is 10.0. The number of fused-ring (bicyclic) bond motifs is 12. The maximum absolute atomic E-state index is 11.2. The highest BCUT2D eigenvalue weighted by Crippen LogP contribution is 2.44. The number of hydrogen-bond donors (Lipinski definition) is 0. The summed E-state index contributed by atoms with van der Waals surface area (Å²) in [5.41, 5.74) is 12.5. The second-order valence-electron chi connectivity index (χ2n) is 15.9. The highest BCUT2D eigenvalue weighted by molar-refractivity contribution is 6.21. The second-order valence-corrected chi connectivity index (χ2v) is 15.9. The van der Waals surface area contributed by atoms with Gasteiger partial charge in [0.15, 0.2) is 0 Å². The molecular formula is C56H32N6. The van der Waals surface area contributed by atoms with Gasteiger partial charge in [0.1, 0.15) is 12.1 Å². The third-order valence-corrected chi connectivity index (χ3v) is 12.8. The van der Waals surface area contributed by atoms with E-state index in [1.807, 2.05) is 18.2 Å². The summed E-state index contributed by atoms with van der Waals surface area (Å²) in [6, 6.07) is 73.0. The zero-order chi connectivity index (χ0) is 41.1. The van der Waals surface area contributed by atoms with E-state index in [0.717, 1.165) is 93.5 Å². The van der Waals surface area contributed by atoms with Crippen LogP contribution in [0.25, 0.3) is 110 Å². The Balaban J connectivity index is 1.20. The van der Waals surface area contributed by atoms with Crippen LogP contribution in [0.1, 0.15) is 11.1 Å². The van der Waals surface area contributed by atoms with Gasteiger partial charge in [0.25, 0.3) is 0 Å². The van der Waals surface area contributed by atoms with Crippen molar-refractivity contribution in [1.82, 2.24) is 18.3 Å². The van der Waals surface area contributed by atoms with Gasteiger partial charge in [0, 0.05) is 54.5 Å². The SMILES string of the molecule is N#Cc1ccc(-n2c3ccccc3c3cc4c5ccccc5n(-c5ccccc5)c4cc32)c(-n2c3ccccc3c3cc4c5ccccc5n(-c5ccccc5)c4cc32)c1C#N. The van der Waals surface area contributed by atoms with Gasteiger partial charge in [-0.25, -0.2) is 0 Å². The number of para-hydroxylation sites is 6. The fourth-order valence-electron chi connectivity index (χ4n) is 10.3. The molecule has 0 saturated heterocycles. The number of aromatic nitrogens is 4. The first-order chi connectivity index (χ1) is 30.7. The van der Waals surface area contributed by atoms with Crippen LogP contribution in [0.5, 0.6) is 0 Å². The Morgan fingerprint density at radius 2 is 0.661 bits per heavy atom. The maximum Gasteiger partial charge on any atom is 0.103 e. The summed E-state index contributed by atoms with van der Waals surface area (Å²) in [5, 5.41) is 30.9. The van der Waals surface area contributed by atoms with Crippen LogP contribution in [0, 0.1) is 22.7 Å². The van der Waals surface area contributed by atoms with Gasteiger partial charge < -0.3 is 18.3 Å². The molecule has 13 aromatic rings. The van der Waals surface area contributed by atoms with Crippen LogP contribution in [0.4, 0.5) is 0 Å². The summed E-state index contributed by atoms with van der Waals surface area (Å²) in [6.45, 7) is 0. The van der Waals surface area contributed by atoms with Crippen molar-refractivity contribution in [2.24, 2.45) is 0 Å². The molecule has 62 heavy (non-hydrogen) atoms. The Bertz CT molecular complexity index is 4110. The number of nitrogens with zero attached hydrogens (tertiary/aromatic N) is 6. The highest BCUT2D eigenvalue weighted by Gasteiger charge is 2.26. The first-order valence-electron chi connectivity index (χ1n) is 20.7. The van der Waals surface area contributed by atoms with Crippen molar-refractivity contribution in [3.8, 4) is 34.9 Å². The molecule has 286 valence electrons. The van der Waals surface area contributed by atoms with Gasteiger partial charge in [-0.2, -0.15) is 10.5 Å². The van der Waals surface area contributed by atoms with Gasteiger partial charge in [-0.05, 0) is 84.9 Å². The van der Waals surface area contributed by atoms with Gasteiger partial charge in [0.2, 0.25) is 0 Å². The van der Waals surface area contributed by atoms with Crippen molar-refractivity contribution in [3.05, 3.63) is 205 Å². The van der Waals surface area contributed by atoms with E-state index in [2.05, 4.69) is 200 Å². The van der Waals surface area contributed by atoms with E-state index in [4.69, 9.17) is 0 Å². The molecule has 9 aromatic carbocycles. The fraction of sp³-hybridized carbons (Fsp3) is 0. The number of nitriles is 2. The Labute approximate surface area is 354 Å². The lowest BCUT2D eigenvalue weighted by molar-refractivity contribution is 1.08. The van der Waals surface area contributed by atoms with E-state index in [1.54, 1.807) is 6.07 Å². The molecular weight excluding hydrogens is 757 g/mol. The minimum Gasteiger partial charge on any atom is -0.309 e. The van der Waals surface area contributed by atoms with Gasteiger partial charge >= 0.3 is 0 Å². The van der Waals surface area contributed by atoms with Gasteiger partial charge in [-0.3, -0.25) is 0 Å². The molecule has 0 atom stereocenters. The number of rotatable bonds is 4. The molecule has 6 heteroatoms. The molecule has 0 fully saturated rings. The molecule has 0 aliphatic carbocycles. The monoisotopic (exact) mass is 788 g/mol. The van der Waals surface area contributed by atoms with E-state index in [-0.39, 0.29) is 0 Å². The van der Waals surface area contributed by atoms with Crippen LogP contribution in [0.15, 0.2) is 194 Å². The Morgan fingerprint density at radius 1 is 0.290 bits per heavy atom. The standard InChI is InChI=1S/C56H32N6/c57-33-35-27-28-51(61-49-25-13-9-21-40(49)44-29-42-38-19-7-11-23-47(38)59(52(42)31-54(44)61)36-15-3-1-4-16-36)56(46(35)34-58)62-50-26-14-10-22-41(50)45-30-43-39-20-8-12-24-48(39)60(53(43)32-55(45)62)37-17-5-2-6-18-37/h1-32H. The van der Waals surface area contributed by atoms with Gasteiger partial charge in [-0.15, -0.1) is 0 Å². The van der Waals surface area contributed by atoms with E-state index in [9.17, 15) is 10.5 Å². The Morgan fingerprint density at radius 3 is 1.10 bits per heavy atom. The van der Waals surface area contributed by atoms with Crippen LogP contribution in [0.2, 0.25) is 0 Å². The molecule has 4 aromatic heterocycles. The second kappa shape index (κ2) is 12.8. The summed E-state index contributed by atoms with van der Waals surface area (Å²) in [4.78, 5) is 0. The van der Waals surface area contributed by atoms with Crippen molar-refractivity contribution in [2.45, 2.75) is 0 Å². The molecule has 0 amide bonds. The number of hydrogen-bond acceptors (Lipinski definition) is 2. The zero-order valence-electron chi connectivity index (χ0n) is 33.2. The molecule has 0 unspecified atom stereocenters. The largest absolute Gasteiger partial charge is 0.309 e. The van der Waals surface area contributed by atoms with Crippen LogP contribution >= 0.6 is 0 Å². The fourth-order valence-corrected chi connectivity index (χ4v) is 10.3. The number of benzene rings is 9. The lowest BCUT2D eigenvalue weighted by Crippen LogP contribution is -2.07. The van der Waals surface area contributed by atoms with Gasteiger partial charge in [-0.1, -0.05) is 109 Å². The van der Waals surface area contributed by atoms with Crippen LogP contribution in [0.3, 0.4) is 0 Å². The molecule has 0 saturated carbocycles. The summed E-state index contributed by atoms with van der Waals surface area (Å²) in [5.74, 6) is 0. The van der Waals surface area contributed by atoms with Crippen molar-refractivity contribution in [3.63, 3.8) is 0 Å². The third-order valence-electron chi connectivity index (χ3n) is 12.8. The summed E-state index contributed by atoms with van der Waals surface area (Å²) >= 11 is 0. The first-order valence-corrected chi connectivity index (χ1v) is 20.7. The summed E-state index contributed by atoms with van der Waals surface area (Å²) in [7, 11) is 0. The van der Waals surface area contributed by atoms with E-state index in [1.165, 1.54) is 10.8 Å². The predicted octanol–water partition coefficient (Wildman–Crippen LogP) is 13.8. The Kier molecular flexibility index (Phi) is 7.05. The molecule has 0 spiro atoms. The first kappa shape index (κ1) is 34.1. The quantitative estimate of drug-likeness (QED) is 0.178. The molecule has 0 N–H and O–H groups in total. The minimum atomic E-state index is 0.321. The van der Waals surface area contributed by atoms with Crippen molar-refractivity contribution in [1.29, 1.82) is 10.5 Å². The molecule has 0 radical (unpaired) electrons. The molecule has 4 heterocycles. The topological polar surface area (TPSA) is 67.3 Å². The molecule has 0 bridgehead atoms. The average molecular weight is 789 g/mol. The van der Waals surface area contributed by atoms with E-state index >= 15 is 0 Å². The third kappa shape index (κ3) is 4.55. The normalized spacial score (nSPS) is 11.8. The van der Waals surface area contributed by atoms with Crippen LogP contribution < -0.4 is 0 Å². The van der Waals surface area contributed by atoms with Crippen LogP contribution in [-0.2, 0) is 0 Å². The minimum absolute atomic E-state index is 0.321. The molecule has 0 aliphatic rings. The average Bonchev–Trinajstić information content (AvgIpc) is 4.04. The molecule has 0 aliphatic heterocycles. The van der Waals surface area contributed by atoms with E-state index < -0.39 is 0 Å². The lowest BCUT2D eigenvalue weighted by Gasteiger charge is -2.19. The van der Waals surface area contributed by atoms with Crippen molar-refractivity contribution < 1.29 is 0 Å². The summed E-state index contributed by atoms with van der Waals surface area (Å²) < 4.78 is 9.20. The van der Waals surface area contributed by atoms with Crippen molar-refractivity contribution in [2.75, 3.05) is 0 Å². The van der Waals surface area contributed by atoms with E-state index in [0.29, 0.717) is 16.8 Å². The molecule has 6 nitrogen and oxygen atoms in total. The summed E-state index contributed by atoms with van der Waals surface area (Å²) in [6.07, 6.45) is 0. The maximum atomic E-state index is 11.2. The predicted molar refractivity (Wildman–Crippen MR) is 253 cm³/mol.